The maximum absolute atomic E-state index is 13.2. The molecule has 4 rings (SSSR count). The highest BCUT2D eigenvalue weighted by Crippen LogP contribution is 2.20. The van der Waals surface area contributed by atoms with Gasteiger partial charge < -0.3 is 9.47 Å². The molecular weight excluding hydrogens is 399 g/mol. The lowest BCUT2D eigenvalue weighted by Crippen LogP contribution is -2.31. The number of hydrogen-bond acceptors (Lipinski definition) is 1. The Morgan fingerprint density at radius 1 is 0.875 bits per heavy atom. The Morgan fingerprint density at radius 2 is 1.56 bits per heavy atom. The first kappa shape index (κ1) is 21.3. The van der Waals surface area contributed by atoms with Gasteiger partial charge >= 0.3 is 0 Å². The topological polar surface area (TPSA) is 25.2 Å². The van der Waals surface area contributed by atoms with E-state index in [-0.39, 0.29) is 11.7 Å². The van der Waals surface area contributed by atoms with Crippen LogP contribution in [0.2, 0.25) is 0 Å². The van der Waals surface area contributed by atoms with Crippen molar-refractivity contribution in [3.8, 4) is 11.1 Å². The van der Waals surface area contributed by atoms with Crippen LogP contribution in [0.25, 0.3) is 11.1 Å². The lowest BCUT2D eigenvalue weighted by Gasteiger charge is -2.22. The molecule has 1 aromatic heterocycles. The van der Waals surface area contributed by atoms with E-state index in [4.69, 9.17) is 0 Å². The Morgan fingerprint density at radius 3 is 2.25 bits per heavy atom. The van der Waals surface area contributed by atoms with Crippen LogP contribution in [-0.2, 0) is 13.1 Å². The van der Waals surface area contributed by atoms with Gasteiger partial charge in [-0.2, -0.15) is 0 Å². The van der Waals surface area contributed by atoms with Crippen LogP contribution in [0, 0.1) is 5.82 Å². The van der Waals surface area contributed by atoms with Crippen LogP contribution in [0.15, 0.2) is 110 Å². The quantitative estimate of drug-likeness (QED) is 0.311. The molecule has 0 unspecified atom stereocenters. The zero-order chi connectivity index (χ0) is 22.3. The zero-order valence-corrected chi connectivity index (χ0v) is 17.8. The van der Waals surface area contributed by atoms with E-state index >= 15 is 0 Å². The summed E-state index contributed by atoms with van der Waals surface area (Å²) in [5.74, 6) is -0.290. The third-order valence-electron chi connectivity index (χ3n) is 5.42. The summed E-state index contributed by atoms with van der Waals surface area (Å²) in [6.07, 6.45) is 3.72. The molecule has 32 heavy (non-hydrogen) atoms. The van der Waals surface area contributed by atoms with Gasteiger partial charge in [-0.05, 0) is 53.1 Å². The molecule has 0 N–H and O–H groups in total. The van der Waals surface area contributed by atoms with Gasteiger partial charge in [0.15, 0.2) is 0 Å². The van der Waals surface area contributed by atoms with Crippen molar-refractivity contribution in [3.05, 3.63) is 132 Å². The Hall–Kier alpha value is -3.92. The molecule has 0 atom stereocenters. The Kier molecular flexibility index (Phi) is 6.61. The van der Waals surface area contributed by atoms with E-state index in [0.29, 0.717) is 25.2 Å². The molecular formula is C28H25FN2O. The lowest BCUT2D eigenvalue weighted by molar-refractivity contribution is 0.0759. The van der Waals surface area contributed by atoms with E-state index in [1.807, 2.05) is 60.8 Å². The second-order valence-electron chi connectivity index (χ2n) is 7.67. The second-order valence-corrected chi connectivity index (χ2v) is 7.67. The van der Waals surface area contributed by atoms with Crippen LogP contribution in [0.3, 0.4) is 0 Å². The monoisotopic (exact) mass is 424 g/mol. The summed E-state index contributed by atoms with van der Waals surface area (Å²) in [6, 6.07) is 28.2. The van der Waals surface area contributed by atoms with Gasteiger partial charge in [-0.1, -0.05) is 60.7 Å². The first-order valence-corrected chi connectivity index (χ1v) is 10.6. The minimum Gasteiger partial charge on any atom is -0.345 e. The first-order valence-electron chi connectivity index (χ1n) is 10.6. The van der Waals surface area contributed by atoms with E-state index in [0.717, 1.165) is 22.4 Å². The fourth-order valence-corrected chi connectivity index (χ4v) is 3.72. The minimum absolute atomic E-state index is 0.0426. The van der Waals surface area contributed by atoms with Crippen LogP contribution in [0.4, 0.5) is 4.39 Å². The number of halogens is 1. The smallest absolute Gasteiger partial charge is 0.254 e. The fraction of sp³-hybridized carbons (Fsp3) is 0.107. The number of carbonyl (C=O) groups is 1. The molecule has 0 aliphatic heterocycles. The van der Waals surface area contributed by atoms with Gasteiger partial charge in [0.25, 0.3) is 5.91 Å². The summed E-state index contributed by atoms with van der Waals surface area (Å²) in [7, 11) is 0. The maximum atomic E-state index is 13.2. The van der Waals surface area contributed by atoms with Gasteiger partial charge in [-0.15, -0.1) is 6.58 Å². The zero-order valence-electron chi connectivity index (χ0n) is 17.8. The molecule has 0 aliphatic carbocycles. The lowest BCUT2D eigenvalue weighted by atomic mass is 10.0. The summed E-state index contributed by atoms with van der Waals surface area (Å²) < 4.78 is 15.3. The summed E-state index contributed by atoms with van der Waals surface area (Å²) in [5.41, 5.74) is 4.84. The number of nitrogens with zero attached hydrogens (tertiary/aromatic N) is 2. The van der Waals surface area contributed by atoms with E-state index < -0.39 is 0 Å². The summed E-state index contributed by atoms with van der Waals surface area (Å²) >= 11 is 0. The van der Waals surface area contributed by atoms with E-state index in [1.54, 1.807) is 23.1 Å². The number of amides is 1. The van der Waals surface area contributed by atoms with Crippen molar-refractivity contribution >= 4 is 5.91 Å². The number of carbonyl (C=O) groups excluding carboxylic acids is 1. The van der Waals surface area contributed by atoms with Crippen LogP contribution in [0.5, 0.6) is 0 Å². The number of hydrogen-bond donors (Lipinski definition) is 0. The molecule has 1 heterocycles. The highest BCUT2D eigenvalue weighted by Gasteiger charge is 2.17. The van der Waals surface area contributed by atoms with Crippen LogP contribution >= 0.6 is 0 Å². The van der Waals surface area contributed by atoms with Crippen molar-refractivity contribution in [3.63, 3.8) is 0 Å². The average molecular weight is 425 g/mol. The first-order chi connectivity index (χ1) is 15.6. The third-order valence-corrected chi connectivity index (χ3v) is 5.42. The van der Waals surface area contributed by atoms with Gasteiger partial charge in [0.1, 0.15) is 5.82 Å². The van der Waals surface area contributed by atoms with Crippen molar-refractivity contribution in [2.45, 2.75) is 13.1 Å². The second kappa shape index (κ2) is 9.92. The molecule has 0 saturated heterocycles. The summed E-state index contributed by atoms with van der Waals surface area (Å²) in [4.78, 5) is 15.0. The standard InChI is InChI=1S/C28H25FN2O/c1-2-18-31(21-27-9-6-19-30(27)20-22-10-16-26(29)17-11-22)28(32)25-14-12-24(13-15-25)23-7-4-3-5-8-23/h2-17,19H,1,18,20-21H2. The third kappa shape index (κ3) is 5.03. The van der Waals surface area contributed by atoms with Crippen LogP contribution < -0.4 is 0 Å². The van der Waals surface area contributed by atoms with Crippen molar-refractivity contribution < 1.29 is 9.18 Å². The molecule has 4 heteroatoms. The number of rotatable bonds is 8. The van der Waals surface area contributed by atoms with Crippen LogP contribution in [0.1, 0.15) is 21.6 Å². The van der Waals surface area contributed by atoms with Crippen LogP contribution in [-0.4, -0.2) is 21.9 Å². The van der Waals surface area contributed by atoms with Gasteiger partial charge in [-0.3, -0.25) is 4.79 Å². The predicted molar refractivity (Wildman–Crippen MR) is 127 cm³/mol. The van der Waals surface area contributed by atoms with Crippen molar-refractivity contribution in [2.24, 2.45) is 0 Å². The molecule has 0 bridgehead atoms. The summed E-state index contributed by atoms with van der Waals surface area (Å²) in [5, 5.41) is 0. The number of benzene rings is 3. The Bertz CT molecular complexity index is 1180. The van der Waals surface area contributed by atoms with Crippen molar-refractivity contribution in [2.75, 3.05) is 6.54 Å². The highest BCUT2D eigenvalue weighted by molar-refractivity contribution is 5.94. The Labute approximate surface area is 188 Å². The summed E-state index contributed by atoms with van der Waals surface area (Å²) in [6.45, 7) is 5.34. The largest absolute Gasteiger partial charge is 0.345 e. The minimum atomic E-state index is -0.248. The molecule has 160 valence electrons. The SMILES string of the molecule is C=CCN(Cc1cccn1Cc1ccc(F)cc1)C(=O)c1ccc(-c2ccccc2)cc1. The van der Waals surface area contributed by atoms with Gasteiger partial charge in [-0.25, -0.2) is 4.39 Å². The maximum Gasteiger partial charge on any atom is 0.254 e. The van der Waals surface area contributed by atoms with Gasteiger partial charge in [0.2, 0.25) is 0 Å². The molecule has 4 aromatic rings. The molecule has 0 spiro atoms. The van der Waals surface area contributed by atoms with Crippen molar-refractivity contribution in [1.29, 1.82) is 0 Å². The normalized spacial score (nSPS) is 10.7. The average Bonchev–Trinajstić information content (AvgIpc) is 3.27. The van der Waals surface area contributed by atoms with E-state index in [9.17, 15) is 9.18 Å². The van der Waals surface area contributed by atoms with Crippen molar-refractivity contribution in [1.82, 2.24) is 9.47 Å². The van der Waals surface area contributed by atoms with E-state index in [2.05, 4.69) is 23.3 Å². The molecule has 3 aromatic carbocycles. The molecule has 0 saturated carbocycles. The molecule has 1 amide bonds. The Balaban J connectivity index is 1.50. The van der Waals surface area contributed by atoms with Gasteiger partial charge in [0, 0.05) is 30.5 Å². The highest BCUT2D eigenvalue weighted by atomic mass is 19.1. The molecule has 0 fully saturated rings. The van der Waals surface area contributed by atoms with Gasteiger partial charge in [0.05, 0.1) is 6.54 Å². The molecule has 0 aliphatic rings. The fourth-order valence-electron chi connectivity index (χ4n) is 3.72. The predicted octanol–water partition coefficient (Wildman–Crippen LogP) is 6.17. The molecule has 0 radical (unpaired) electrons. The van der Waals surface area contributed by atoms with E-state index in [1.165, 1.54) is 12.1 Å². The molecule has 3 nitrogen and oxygen atoms in total. The number of aromatic nitrogens is 1.